The van der Waals surface area contributed by atoms with Crippen molar-refractivity contribution in [3.63, 3.8) is 0 Å². The van der Waals surface area contributed by atoms with Crippen LogP contribution < -0.4 is 10.6 Å². The molecule has 192 valence electrons. The van der Waals surface area contributed by atoms with Crippen LogP contribution in [0.4, 0.5) is 16.0 Å². The lowest BCUT2D eigenvalue weighted by molar-refractivity contribution is -0.229. The molecule has 4 heterocycles. The predicted octanol–water partition coefficient (Wildman–Crippen LogP) is 3.69. The van der Waals surface area contributed by atoms with E-state index in [4.69, 9.17) is 19.7 Å². The number of imidazole rings is 1. The Labute approximate surface area is 217 Å². The third-order valence-electron chi connectivity index (χ3n) is 5.89. The Morgan fingerprint density at radius 1 is 1.13 bits per heavy atom. The van der Waals surface area contributed by atoms with E-state index in [1.54, 1.807) is 55.8 Å². The van der Waals surface area contributed by atoms with Gasteiger partial charge >= 0.3 is 0 Å². The Bertz CT molecular complexity index is 1460. The topological polar surface area (TPSA) is 151 Å². The molecule has 1 aliphatic heterocycles. The highest BCUT2D eigenvalue weighted by molar-refractivity contribution is 5.95. The molecular formula is C26H23FN8O3. The summed E-state index contributed by atoms with van der Waals surface area (Å²) in [5, 5.41) is 14.5. The summed E-state index contributed by atoms with van der Waals surface area (Å²) >= 11 is 0. The summed E-state index contributed by atoms with van der Waals surface area (Å²) in [7, 11) is 0. The van der Waals surface area contributed by atoms with E-state index in [9.17, 15) is 9.18 Å². The molecule has 0 atom stereocenters. The quantitative estimate of drug-likeness (QED) is 0.314. The average molecular weight is 515 g/mol. The van der Waals surface area contributed by atoms with Gasteiger partial charge in [-0.25, -0.2) is 19.3 Å². The van der Waals surface area contributed by atoms with Gasteiger partial charge in [0.25, 0.3) is 0 Å². The number of aromatic nitrogens is 5. The number of carbonyl (C=O) groups is 1. The smallest absolute Gasteiger partial charge is 0.235 e. The Kier molecular flexibility index (Phi) is 7.03. The minimum atomic E-state index is -0.928. The maximum Gasteiger partial charge on any atom is 0.235 e. The van der Waals surface area contributed by atoms with Crippen molar-refractivity contribution in [3.8, 4) is 28.7 Å². The number of carbonyl (C=O) groups excluding carboxylic acids is 1. The van der Waals surface area contributed by atoms with E-state index < -0.39 is 11.7 Å². The fraction of sp³-hybridized carbons (Fsp3) is 0.231. The van der Waals surface area contributed by atoms with E-state index in [0.29, 0.717) is 34.2 Å². The number of pyridine rings is 1. The number of benzene rings is 1. The summed E-state index contributed by atoms with van der Waals surface area (Å²) in [6.45, 7) is 1.98. The zero-order valence-corrected chi connectivity index (χ0v) is 20.3. The molecule has 1 saturated heterocycles. The summed E-state index contributed by atoms with van der Waals surface area (Å²) < 4.78 is 25.5. The van der Waals surface area contributed by atoms with Crippen LogP contribution >= 0.6 is 0 Å². The second-order valence-corrected chi connectivity index (χ2v) is 8.83. The number of nitriles is 1. The molecule has 0 aliphatic carbocycles. The number of halogens is 1. The van der Waals surface area contributed by atoms with Gasteiger partial charge in [0.15, 0.2) is 5.82 Å². The minimum absolute atomic E-state index is 0.0414. The summed E-state index contributed by atoms with van der Waals surface area (Å²) in [5.41, 5.74) is 1.87. The number of hydrogen-bond acceptors (Lipinski definition) is 9. The second-order valence-electron chi connectivity index (χ2n) is 8.83. The molecule has 11 nitrogen and oxygen atoms in total. The summed E-state index contributed by atoms with van der Waals surface area (Å²) in [6.07, 6.45) is 3.87. The zero-order valence-electron chi connectivity index (χ0n) is 20.3. The zero-order chi connectivity index (χ0) is 26.5. The van der Waals surface area contributed by atoms with Gasteiger partial charge in [-0.3, -0.25) is 9.78 Å². The Hall–Kier alpha value is -4.73. The van der Waals surface area contributed by atoms with Crippen LogP contribution in [0.25, 0.3) is 22.6 Å². The molecule has 4 aromatic rings. The van der Waals surface area contributed by atoms with Gasteiger partial charge in [0.1, 0.15) is 12.4 Å². The van der Waals surface area contributed by atoms with E-state index in [1.807, 2.05) is 6.07 Å². The van der Waals surface area contributed by atoms with Crippen LogP contribution in [0.5, 0.6) is 0 Å². The Morgan fingerprint density at radius 3 is 2.58 bits per heavy atom. The fourth-order valence-corrected chi connectivity index (χ4v) is 3.82. The lowest BCUT2D eigenvalue weighted by Crippen LogP contribution is -2.45. The molecule has 0 radical (unpaired) electrons. The van der Waals surface area contributed by atoms with Crippen LogP contribution in [0.1, 0.15) is 19.0 Å². The average Bonchev–Trinajstić information content (AvgIpc) is 3.39. The van der Waals surface area contributed by atoms with Crippen molar-refractivity contribution in [3.05, 3.63) is 72.7 Å². The molecule has 0 spiro atoms. The third-order valence-corrected chi connectivity index (χ3v) is 5.89. The molecule has 0 unspecified atom stereocenters. The van der Waals surface area contributed by atoms with Gasteiger partial charge in [-0.05, 0) is 49.4 Å². The van der Waals surface area contributed by atoms with Crippen LogP contribution in [-0.2, 0) is 14.3 Å². The van der Waals surface area contributed by atoms with Crippen LogP contribution in [0.3, 0.4) is 0 Å². The summed E-state index contributed by atoms with van der Waals surface area (Å²) in [6, 6.07) is 13.0. The number of aromatic amines is 1. The minimum Gasteiger partial charge on any atom is -0.345 e. The van der Waals surface area contributed by atoms with Gasteiger partial charge in [0.05, 0.1) is 41.8 Å². The molecule has 1 fully saturated rings. The van der Waals surface area contributed by atoms with Crippen molar-refractivity contribution < 1.29 is 18.7 Å². The monoisotopic (exact) mass is 514 g/mol. The van der Waals surface area contributed by atoms with E-state index in [2.05, 4.69) is 30.6 Å². The largest absolute Gasteiger partial charge is 0.345 e. The number of H-pyrrole nitrogens is 1. The number of ether oxygens (including phenoxy) is 2. The molecular weight excluding hydrogens is 491 g/mol. The SMILES string of the molecule is CC1(C(=O)Nc2ccncc2)COC(c2nc(-c3ccc(F)cc3)c(-c3ccnc(NCC#N)n3)[nH]2)OC1. The van der Waals surface area contributed by atoms with Crippen LogP contribution in [0, 0.1) is 22.6 Å². The molecule has 1 aromatic carbocycles. The maximum atomic E-state index is 13.6. The molecule has 0 bridgehead atoms. The highest BCUT2D eigenvalue weighted by Gasteiger charge is 2.41. The van der Waals surface area contributed by atoms with Crippen molar-refractivity contribution >= 4 is 17.5 Å². The van der Waals surface area contributed by atoms with E-state index >= 15 is 0 Å². The van der Waals surface area contributed by atoms with Crippen molar-refractivity contribution in [2.24, 2.45) is 5.41 Å². The number of amides is 1. The number of nitrogens with zero attached hydrogens (tertiary/aromatic N) is 5. The molecule has 1 aliphatic rings. The van der Waals surface area contributed by atoms with Crippen molar-refractivity contribution in [1.82, 2.24) is 24.9 Å². The molecule has 38 heavy (non-hydrogen) atoms. The Morgan fingerprint density at radius 2 is 1.87 bits per heavy atom. The first kappa shape index (κ1) is 24.9. The number of anilines is 2. The van der Waals surface area contributed by atoms with Gasteiger partial charge in [-0.2, -0.15) is 5.26 Å². The second kappa shape index (κ2) is 10.7. The lowest BCUT2D eigenvalue weighted by Gasteiger charge is -2.35. The highest BCUT2D eigenvalue weighted by atomic mass is 19.1. The van der Waals surface area contributed by atoms with Gasteiger partial charge < -0.3 is 25.1 Å². The normalized spacial score (nSPS) is 18.9. The standard InChI is InChI=1S/C26H23FN8O3/c1-26(24(36)32-18-6-10-29-11-7-18)14-37-23(38-15-26)22-34-20(16-2-4-17(27)5-3-16)21(35-22)19-8-12-30-25(33-19)31-13-9-28/h2-8,10-12,23H,13-15H2,1H3,(H,34,35)(H,29,32,36)(H,30,31,33). The van der Waals surface area contributed by atoms with Gasteiger partial charge in [0.2, 0.25) is 18.1 Å². The van der Waals surface area contributed by atoms with Crippen molar-refractivity contribution in [2.45, 2.75) is 13.2 Å². The van der Waals surface area contributed by atoms with Gasteiger partial charge in [-0.15, -0.1) is 0 Å². The first-order valence-electron chi connectivity index (χ1n) is 11.7. The summed E-state index contributed by atoms with van der Waals surface area (Å²) in [5.74, 6) is 0.0134. The number of rotatable bonds is 7. The molecule has 3 N–H and O–H groups in total. The summed E-state index contributed by atoms with van der Waals surface area (Å²) in [4.78, 5) is 33.4. The van der Waals surface area contributed by atoms with E-state index in [1.165, 1.54) is 12.1 Å². The molecule has 3 aromatic heterocycles. The molecule has 5 rings (SSSR count). The third kappa shape index (κ3) is 5.34. The number of hydrogen-bond donors (Lipinski definition) is 3. The lowest BCUT2D eigenvalue weighted by atomic mass is 9.91. The maximum absolute atomic E-state index is 13.6. The van der Waals surface area contributed by atoms with Gasteiger partial charge in [0, 0.05) is 29.8 Å². The van der Waals surface area contributed by atoms with Crippen LogP contribution in [0.2, 0.25) is 0 Å². The van der Waals surface area contributed by atoms with Crippen LogP contribution in [0.15, 0.2) is 61.1 Å². The first-order chi connectivity index (χ1) is 18.4. The predicted molar refractivity (Wildman–Crippen MR) is 135 cm³/mol. The van der Waals surface area contributed by atoms with E-state index in [-0.39, 0.29) is 37.4 Å². The van der Waals surface area contributed by atoms with Crippen molar-refractivity contribution in [1.29, 1.82) is 5.26 Å². The fourth-order valence-electron chi connectivity index (χ4n) is 3.82. The van der Waals surface area contributed by atoms with E-state index in [0.717, 1.165) is 0 Å². The first-order valence-corrected chi connectivity index (χ1v) is 11.7. The molecule has 0 saturated carbocycles. The highest BCUT2D eigenvalue weighted by Crippen LogP contribution is 2.36. The van der Waals surface area contributed by atoms with Gasteiger partial charge in [-0.1, -0.05) is 0 Å². The molecule has 12 heteroatoms. The molecule has 1 amide bonds. The van der Waals surface area contributed by atoms with Crippen molar-refractivity contribution in [2.75, 3.05) is 30.4 Å². The van der Waals surface area contributed by atoms with Crippen LogP contribution in [-0.4, -0.2) is 50.6 Å². The number of nitrogens with one attached hydrogen (secondary N) is 3. The Balaban J connectivity index is 1.40.